The summed E-state index contributed by atoms with van der Waals surface area (Å²) in [7, 11) is 0. The van der Waals surface area contributed by atoms with E-state index in [1.54, 1.807) is 0 Å². The monoisotopic (exact) mass is 298 g/mol. The maximum absolute atomic E-state index is 10.9. The van der Waals surface area contributed by atoms with Crippen molar-refractivity contribution >= 4 is 5.97 Å². The molecule has 0 spiro atoms. The second-order valence-corrected chi connectivity index (χ2v) is 5.27. The molecule has 3 nitrogen and oxygen atoms in total. The van der Waals surface area contributed by atoms with Crippen molar-refractivity contribution in [3.05, 3.63) is 65.2 Å². The van der Waals surface area contributed by atoms with Crippen molar-refractivity contribution in [2.45, 2.75) is 33.3 Å². The molecule has 2 aromatic rings. The molecule has 3 heteroatoms. The lowest BCUT2D eigenvalue weighted by Gasteiger charge is -2.08. The van der Waals surface area contributed by atoms with Crippen LogP contribution in [0.3, 0.4) is 0 Å². The lowest BCUT2D eigenvalue weighted by molar-refractivity contribution is -0.142. The van der Waals surface area contributed by atoms with Crippen molar-refractivity contribution in [2.24, 2.45) is 0 Å². The quantitative estimate of drug-likeness (QED) is 0.721. The van der Waals surface area contributed by atoms with Crippen molar-refractivity contribution in [3.63, 3.8) is 0 Å². The Balaban J connectivity index is 1.97. The van der Waals surface area contributed by atoms with Crippen LogP contribution in [0.5, 0.6) is 5.75 Å². The molecule has 2 aromatic carbocycles. The molecule has 0 unspecified atom stereocenters. The smallest absolute Gasteiger partial charge is 0.302 e. The number of hydrogen-bond donors (Lipinski definition) is 0. The fourth-order valence-electron chi connectivity index (χ4n) is 2.17. The lowest BCUT2D eigenvalue weighted by Crippen LogP contribution is -1.99. The number of benzene rings is 2. The summed E-state index contributed by atoms with van der Waals surface area (Å²) in [6, 6.07) is 16.3. The van der Waals surface area contributed by atoms with Gasteiger partial charge in [-0.2, -0.15) is 0 Å². The molecule has 0 saturated heterocycles. The van der Waals surface area contributed by atoms with Crippen LogP contribution in [0, 0.1) is 0 Å². The summed E-state index contributed by atoms with van der Waals surface area (Å²) < 4.78 is 10.6. The number of carbonyl (C=O) groups excluding carboxylic acids is 1. The second kappa shape index (κ2) is 8.23. The number of hydrogen-bond acceptors (Lipinski definition) is 3. The molecule has 0 N–H and O–H groups in total. The Bertz CT molecular complexity index is 602. The Kier molecular flexibility index (Phi) is 6.01. The Hall–Kier alpha value is -2.29. The first-order chi connectivity index (χ1) is 10.7. The van der Waals surface area contributed by atoms with E-state index in [1.807, 2.05) is 24.3 Å². The van der Waals surface area contributed by atoms with Crippen LogP contribution in [0.4, 0.5) is 0 Å². The average Bonchev–Trinajstić information content (AvgIpc) is 2.53. The molecule has 0 heterocycles. The molecule has 22 heavy (non-hydrogen) atoms. The molecule has 0 saturated carbocycles. The third-order valence-corrected chi connectivity index (χ3v) is 3.24. The van der Waals surface area contributed by atoms with Gasteiger partial charge in [0, 0.05) is 6.92 Å². The second-order valence-electron chi connectivity index (χ2n) is 5.27. The van der Waals surface area contributed by atoms with Crippen LogP contribution in [0.15, 0.2) is 48.5 Å². The summed E-state index contributed by atoms with van der Waals surface area (Å²) in [5, 5.41) is 0. The fraction of sp³-hybridized carbons (Fsp3) is 0.316. The van der Waals surface area contributed by atoms with E-state index in [2.05, 4.69) is 31.2 Å². The zero-order valence-electron chi connectivity index (χ0n) is 13.2. The zero-order valence-corrected chi connectivity index (χ0v) is 13.2. The minimum Gasteiger partial charge on any atom is -0.494 e. The Morgan fingerprint density at radius 3 is 2.41 bits per heavy atom. The summed E-state index contributed by atoms with van der Waals surface area (Å²) >= 11 is 0. The standard InChI is InChI=1S/C19H22O3/c1-3-11-21-19-9-7-16(8-10-19)12-17-5-4-6-18(13-17)14-22-15(2)20/h4-10,13H,3,11-12,14H2,1-2H3. The highest BCUT2D eigenvalue weighted by Gasteiger charge is 2.01. The third kappa shape index (κ3) is 5.24. The molecule has 0 aliphatic heterocycles. The van der Waals surface area contributed by atoms with Crippen molar-refractivity contribution in [1.29, 1.82) is 0 Å². The van der Waals surface area contributed by atoms with Crippen LogP contribution in [0.25, 0.3) is 0 Å². The van der Waals surface area contributed by atoms with E-state index in [0.29, 0.717) is 6.61 Å². The van der Waals surface area contributed by atoms with Crippen molar-refractivity contribution in [1.82, 2.24) is 0 Å². The fourth-order valence-corrected chi connectivity index (χ4v) is 2.17. The van der Waals surface area contributed by atoms with Gasteiger partial charge in [0.2, 0.25) is 0 Å². The predicted molar refractivity (Wildman–Crippen MR) is 86.9 cm³/mol. The molecule has 0 aliphatic carbocycles. The summed E-state index contributed by atoms with van der Waals surface area (Å²) in [6.07, 6.45) is 1.86. The van der Waals surface area contributed by atoms with E-state index in [9.17, 15) is 4.79 Å². The van der Waals surface area contributed by atoms with E-state index >= 15 is 0 Å². The van der Waals surface area contributed by atoms with Gasteiger partial charge in [-0.15, -0.1) is 0 Å². The van der Waals surface area contributed by atoms with Gasteiger partial charge in [0.05, 0.1) is 6.61 Å². The van der Waals surface area contributed by atoms with E-state index in [1.165, 1.54) is 18.1 Å². The van der Waals surface area contributed by atoms with Gasteiger partial charge in [-0.3, -0.25) is 4.79 Å². The molecule has 0 atom stereocenters. The van der Waals surface area contributed by atoms with Gasteiger partial charge in [-0.05, 0) is 41.7 Å². The molecule has 0 aliphatic rings. The van der Waals surface area contributed by atoms with Gasteiger partial charge in [-0.1, -0.05) is 43.3 Å². The Morgan fingerprint density at radius 2 is 1.73 bits per heavy atom. The Labute approximate surface area is 131 Å². The summed E-state index contributed by atoms with van der Waals surface area (Å²) in [6.45, 7) is 4.59. The summed E-state index contributed by atoms with van der Waals surface area (Å²) in [4.78, 5) is 10.9. The molecule has 0 radical (unpaired) electrons. The van der Waals surface area contributed by atoms with E-state index in [0.717, 1.165) is 30.8 Å². The summed E-state index contributed by atoms with van der Waals surface area (Å²) in [5.74, 6) is 0.655. The number of ether oxygens (including phenoxy) is 2. The normalized spacial score (nSPS) is 10.3. The summed E-state index contributed by atoms with van der Waals surface area (Å²) in [5.41, 5.74) is 3.44. The molecule has 2 rings (SSSR count). The minimum atomic E-state index is -0.256. The molecule has 0 amide bonds. The van der Waals surface area contributed by atoms with E-state index < -0.39 is 0 Å². The number of carbonyl (C=O) groups is 1. The maximum atomic E-state index is 10.9. The molecule has 0 aromatic heterocycles. The van der Waals surface area contributed by atoms with Crippen LogP contribution in [0.1, 0.15) is 37.0 Å². The van der Waals surface area contributed by atoms with Crippen LogP contribution in [0.2, 0.25) is 0 Å². The first kappa shape index (κ1) is 16.1. The largest absolute Gasteiger partial charge is 0.494 e. The topological polar surface area (TPSA) is 35.5 Å². The zero-order chi connectivity index (χ0) is 15.8. The van der Waals surface area contributed by atoms with Crippen molar-refractivity contribution in [2.75, 3.05) is 6.61 Å². The molecular weight excluding hydrogens is 276 g/mol. The van der Waals surface area contributed by atoms with Gasteiger partial charge in [0.25, 0.3) is 0 Å². The molecule has 0 fully saturated rings. The van der Waals surface area contributed by atoms with Gasteiger partial charge in [-0.25, -0.2) is 0 Å². The van der Waals surface area contributed by atoms with Gasteiger partial charge >= 0.3 is 5.97 Å². The molecule has 116 valence electrons. The number of esters is 1. The predicted octanol–water partition coefficient (Wildman–Crippen LogP) is 4.13. The first-order valence-electron chi connectivity index (χ1n) is 7.60. The molecule has 0 bridgehead atoms. The Morgan fingerprint density at radius 1 is 1.00 bits per heavy atom. The van der Waals surface area contributed by atoms with Crippen LogP contribution in [-0.2, 0) is 22.6 Å². The first-order valence-corrected chi connectivity index (χ1v) is 7.60. The van der Waals surface area contributed by atoms with Crippen molar-refractivity contribution in [3.8, 4) is 5.75 Å². The average molecular weight is 298 g/mol. The minimum absolute atomic E-state index is 0.256. The highest BCUT2D eigenvalue weighted by Crippen LogP contribution is 2.16. The van der Waals surface area contributed by atoms with Crippen LogP contribution < -0.4 is 4.74 Å². The molecular formula is C19H22O3. The SMILES string of the molecule is CCCOc1ccc(Cc2cccc(COC(C)=O)c2)cc1. The maximum Gasteiger partial charge on any atom is 0.302 e. The van der Waals surface area contributed by atoms with Gasteiger partial charge in [0.1, 0.15) is 12.4 Å². The van der Waals surface area contributed by atoms with E-state index in [-0.39, 0.29) is 5.97 Å². The third-order valence-electron chi connectivity index (χ3n) is 3.24. The highest BCUT2D eigenvalue weighted by atomic mass is 16.5. The number of rotatable bonds is 7. The van der Waals surface area contributed by atoms with Crippen molar-refractivity contribution < 1.29 is 14.3 Å². The lowest BCUT2D eigenvalue weighted by atomic mass is 10.0. The van der Waals surface area contributed by atoms with E-state index in [4.69, 9.17) is 9.47 Å². The highest BCUT2D eigenvalue weighted by molar-refractivity contribution is 5.65. The van der Waals surface area contributed by atoms with Gasteiger partial charge in [0.15, 0.2) is 0 Å². The van der Waals surface area contributed by atoms with Crippen LogP contribution in [-0.4, -0.2) is 12.6 Å². The van der Waals surface area contributed by atoms with Gasteiger partial charge < -0.3 is 9.47 Å². The van der Waals surface area contributed by atoms with Crippen LogP contribution >= 0.6 is 0 Å².